The highest BCUT2D eigenvalue weighted by atomic mass is 35.5. The maximum Gasteiger partial charge on any atom is 0.344 e. The zero-order chi connectivity index (χ0) is 21.7. The fraction of sp³-hybridized carbons (Fsp3) is 0.292. The summed E-state index contributed by atoms with van der Waals surface area (Å²) in [5.41, 5.74) is 13.3. The zero-order valence-electron chi connectivity index (χ0n) is 18.4. The minimum Gasteiger partial charge on any atom is -0.479 e. The molecule has 172 valence electrons. The molecule has 1 heterocycles. The number of carbonyl (C=O) groups is 1. The van der Waals surface area contributed by atoms with Gasteiger partial charge in [-0.15, -0.1) is 24.8 Å². The number of carboxylic acids is 1. The second-order valence-electron chi connectivity index (χ2n) is 7.76. The second kappa shape index (κ2) is 12.4. The van der Waals surface area contributed by atoms with Crippen molar-refractivity contribution in [3.05, 3.63) is 64.8 Å². The van der Waals surface area contributed by atoms with Crippen LogP contribution in [0.5, 0.6) is 0 Å². The standard InChI is InChI=1S/C24H27N3O3.2ClH/c1-15(2)10-22-20(12-25)24(18-7-4-16(3)5-8-18)19-11-17(6-9-21(19)27-22)13-26-30-14-23(28)29;;/h4-9,11,13,15H,10,12,14,25H2,1-3H3,(H,28,29);2*1H/b26-13+;;. The van der Waals surface area contributed by atoms with Gasteiger partial charge in [0, 0.05) is 17.6 Å². The molecular weight excluding hydrogens is 449 g/mol. The van der Waals surface area contributed by atoms with Crippen LogP contribution in [0.25, 0.3) is 22.0 Å². The van der Waals surface area contributed by atoms with Crippen LogP contribution >= 0.6 is 24.8 Å². The van der Waals surface area contributed by atoms with Gasteiger partial charge in [-0.1, -0.05) is 54.9 Å². The lowest BCUT2D eigenvalue weighted by atomic mass is 9.90. The summed E-state index contributed by atoms with van der Waals surface area (Å²) < 4.78 is 0. The van der Waals surface area contributed by atoms with Gasteiger partial charge < -0.3 is 15.7 Å². The molecule has 3 N–H and O–H groups in total. The van der Waals surface area contributed by atoms with Crippen LogP contribution in [-0.2, 0) is 22.6 Å². The fourth-order valence-corrected chi connectivity index (χ4v) is 3.47. The van der Waals surface area contributed by atoms with E-state index >= 15 is 0 Å². The number of hydrogen-bond acceptors (Lipinski definition) is 5. The number of aromatic nitrogens is 1. The van der Waals surface area contributed by atoms with Gasteiger partial charge in [0.2, 0.25) is 6.61 Å². The smallest absolute Gasteiger partial charge is 0.344 e. The van der Waals surface area contributed by atoms with Gasteiger partial charge in [0.1, 0.15) is 0 Å². The highest BCUT2D eigenvalue weighted by Crippen LogP contribution is 2.34. The molecule has 0 aliphatic heterocycles. The third-order valence-electron chi connectivity index (χ3n) is 4.81. The Morgan fingerprint density at radius 2 is 1.88 bits per heavy atom. The summed E-state index contributed by atoms with van der Waals surface area (Å²) in [6, 6.07) is 14.2. The number of halogens is 2. The van der Waals surface area contributed by atoms with Crippen molar-refractivity contribution in [2.75, 3.05) is 6.61 Å². The second-order valence-corrected chi connectivity index (χ2v) is 7.76. The normalized spacial score (nSPS) is 10.8. The molecule has 32 heavy (non-hydrogen) atoms. The first kappa shape index (κ1) is 27.4. The van der Waals surface area contributed by atoms with Crippen LogP contribution in [0, 0.1) is 12.8 Å². The van der Waals surface area contributed by atoms with Gasteiger partial charge in [0.15, 0.2) is 0 Å². The molecule has 0 fully saturated rings. The van der Waals surface area contributed by atoms with Gasteiger partial charge in [-0.05, 0) is 53.6 Å². The average molecular weight is 478 g/mol. The summed E-state index contributed by atoms with van der Waals surface area (Å²) in [5, 5.41) is 13.4. The van der Waals surface area contributed by atoms with E-state index in [9.17, 15) is 4.79 Å². The molecular formula is C24H29Cl2N3O3. The summed E-state index contributed by atoms with van der Waals surface area (Å²) in [6.07, 6.45) is 2.36. The summed E-state index contributed by atoms with van der Waals surface area (Å²) in [6.45, 7) is 6.33. The Morgan fingerprint density at radius 1 is 1.19 bits per heavy atom. The van der Waals surface area contributed by atoms with Crippen molar-refractivity contribution in [3.63, 3.8) is 0 Å². The summed E-state index contributed by atoms with van der Waals surface area (Å²) >= 11 is 0. The molecule has 0 atom stereocenters. The number of nitrogens with two attached hydrogens (primary N) is 1. The quantitative estimate of drug-likeness (QED) is 0.345. The molecule has 6 nitrogen and oxygen atoms in total. The SMILES string of the molecule is Cc1ccc(-c2c(CN)c(CC(C)C)nc3ccc(/C=N/OCC(=O)O)cc23)cc1.Cl.Cl. The topological polar surface area (TPSA) is 97.8 Å². The number of hydrogen-bond donors (Lipinski definition) is 2. The lowest BCUT2D eigenvalue weighted by Crippen LogP contribution is -2.10. The Balaban J connectivity index is 0.00000256. The Kier molecular flexibility index (Phi) is 10.6. The van der Waals surface area contributed by atoms with Gasteiger partial charge >= 0.3 is 5.97 Å². The number of benzene rings is 2. The molecule has 0 saturated carbocycles. The van der Waals surface area contributed by atoms with Crippen molar-refractivity contribution in [3.8, 4) is 11.1 Å². The van der Waals surface area contributed by atoms with Gasteiger partial charge in [-0.25, -0.2) is 4.79 Å². The molecule has 0 aliphatic carbocycles. The molecule has 3 rings (SSSR count). The number of fused-ring (bicyclic) bond motifs is 1. The van der Waals surface area contributed by atoms with Crippen molar-refractivity contribution in [2.24, 2.45) is 16.8 Å². The average Bonchev–Trinajstić information content (AvgIpc) is 2.70. The Morgan fingerprint density at radius 3 is 2.47 bits per heavy atom. The van der Waals surface area contributed by atoms with Crippen LogP contribution in [0.2, 0.25) is 0 Å². The number of nitrogens with zero attached hydrogens (tertiary/aromatic N) is 2. The molecule has 8 heteroatoms. The summed E-state index contributed by atoms with van der Waals surface area (Å²) in [7, 11) is 0. The third kappa shape index (κ3) is 6.66. The molecule has 0 radical (unpaired) electrons. The number of aryl methyl sites for hydroxylation is 1. The summed E-state index contributed by atoms with van der Waals surface area (Å²) in [5.74, 6) is -0.606. The molecule has 1 aromatic heterocycles. The molecule has 0 unspecified atom stereocenters. The van der Waals surface area contributed by atoms with Crippen molar-refractivity contribution in [2.45, 2.75) is 33.7 Å². The van der Waals surface area contributed by atoms with Crippen LogP contribution in [0.4, 0.5) is 0 Å². The largest absolute Gasteiger partial charge is 0.479 e. The van der Waals surface area contributed by atoms with Crippen LogP contribution in [0.3, 0.4) is 0 Å². The third-order valence-corrected chi connectivity index (χ3v) is 4.81. The van der Waals surface area contributed by atoms with Crippen LogP contribution < -0.4 is 5.73 Å². The van der Waals surface area contributed by atoms with E-state index in [1.54, 1.807) is 0 Å². The maximum atomic E-state index is 10.6. The first-order valence-corrected chi connectivity index (χ1v) is 9.98. The molecule has 2 aromatic carbocycles. The lowest BCUT2D eigenvalue weighted by molar-refractivity contribution is -0.142. The van der Waals surface area contributed by atoms with E-state index in [1.165, 1.54) is 11.8 Å². The highest BCUT2D eigenvalue weighted by Gasteiger charge is 2.17. The highest BCUT2D eigenvalue weighted by molar-refractivity contribution is 5.99. The first-order valence-electron chi connectivity index (χ1n) is 9.98. The number of aliphatic carboxylic acids is 1. The molecule has 0 saturated heterocycles. The molecule has 0 amide bonds. The van der Waals surface area contributed by atoms with Crippen molar-refractivity contribution >= 4 is 47.9 Å². The van der Waals surface area contributed by atoms with Crippen LogP contribution in [0.1, 0.15) is 36.2 Å². The van der Waals surface area contributed by atoms with Crippen LogP contribution in [0.15, 0.2) is 47.6 Å². The molecule has 0 spiro atoms. The Bertz CT molecular complexity index is 1080. The van der Waals surface area contributed by atoms with Crippen molar-refractivity contribution in [1.82, 2.24) is 4.98 Å². The van der Waals surface area contributed by atoms with Crippen LogP contribution in [-0.4, -0.2) is 28.9 Å². The molecule has 0 bridgehead atoms. The van der Waals surface area contributed by atoms with E-state index in [1.807, 2.05) is 18.2 Å². The maximum absolute atomic E-state index is 10.6. The van der Waals surface area contributed by atoms with Gasteiger partial charge in [0.25, 0.3) is 0 Å². The summed E-state index contributed by atoms with van der Waals surface area (Å²) in [4.78, 5) is 20.3. The first-order chi connectivity index (χ1) is 14.4. The van der Waals surface area contributed by atoms with Gasteiger partial charge in [-0.2, -0.15) is 0 Å². The van der Waals surface area contributed by atoms with E-state index in [0.29, 0.717) is 12.5 Å². The van der Waals surface area contributed by atoms with E-state index in [4.69, 9.17) is 20.7 Å². The van der Waals surface area contributed by atoms with E-state index in [0.717, 1.165) is 45.3 Å². The number of rotatable bonds is 8. The number of pyridine rings is 1. The monoisotopic (exact) mass is 477 g/mol. The Hall–Kier alpha value is -2.67. The number of oxime groups is 1. The predicted molar refractivity (Wildman–Crippen MR) is 134 cm³/mol. The minimum atomic E-state index is -1.07. The minimum absolute atomic E-state index is 0. The Labute approximate surface area is 200 Å². The fourth-order valence-electron chi connectivity index (χ4n) is 3.47. The molecule has 3 aromatic rings. The van der Waals surface area contributed by atoms with Gasteiger partial charge in [0.05, 0.1) is 11.7 Å². The van der Waals surface area contributed by atoms with Crippen molar-refractivity contribution in [1.29, 1.82) is 0 Å². The number of carboxylic acid groups (broad SMARTS) is 1. The van der Waals surface area contributed by atoms with E-state index in [-0.39, 0.29) is 24.8 Å². The molecule has 0 aliphatic rings. The lowest BCUT2D eigenvalue weighted by Gasteiger charge is -2.18. The predicted octanol–water partition coefficient (Wildman–Crippen LogP) is 5.15. The van der Waals surface area contributed by atoms with Crippen molar-refractivity contribution < 1.29 is 14.7 Å². The van der Waals surface area contributed by atoms with Gasteiger partial charge in [-0.3, -0.25) is 4.98 Å². The van der Waals surface area contributed by atoms with E-state index < -0.39 is 12.6 Å². The zero-order valence-corrected chi connectivity index (χ0v) is 20.0. The van der Waals surface area contributed by atoms with E-state index in [2.05, 4.69) is 50.2 Å².